The number of nitrogens with zero attached hydrogens (tertiary/aromatic N) is 2. The molecule has 0 spiro atoms. The van der Waals surface area contributed by atoms with Crippen LogP contribution in [0.1, 0.15) is 65.6 Å². The predicted molar refractivity (Wildman–Crippen MR) is 154 cm³/mol. The van der Waals surface area contributed by atoms with E-state index in [2.05, 4.69) is 10.6 Å². The highest BCUT2D eigenvalue weighted by molar-refractivity contribution is 7.99. The minimum Gasteiger partial charge on any atom is -0.458 e. The van der Waals surface area contributed by atoms with E-state index in [1.165, 1.54) is 6.07 Å². The maximum absolute atomic E-state index is 15.1. The summed E-state index contributed by atoms with van der Waals surface area (Å²) >= 11 is 1.71. The third-order valence-corrected chi connectivity index (χ3v) is 9.67. The quantitative estimate of drug-likeness (QED) is 0.215. The molecule has 2 aliphatic heterocycles. The number of amides is 1. The SMILES string of the molecule is CC[C@@]1(O)C(=O)OCc2c1cc1n(c2=O)Cc2c-1nc1cc(F)c(C)c3c1c2[C@@H](NC(=O)CCSCCNC)CC3. The highest BCUT2D eigenvalue weighted by atomic mass is 32.2. The van der Waals surface area contributed by atoms with Crippen LogP contribution in [-0.4, -0.2) is 51.6 Å². The summed E-state index contributed by atoms with van der Waals surface area (Å²) in [5, 5.41) is 18.3. The van der Waals surface area contributed by atoms with Gasteiger partial charge in [0.05, 0.1) is 35.1 Å². The molecule has 3 aromatic rings. The number of hydrogen-bond donors (Lipinski definition) is 3. The first kappa shape index (κ1) is 27.9. The summed E-state index contributed by atoms with van der Waals surface area (Å²) in [7, 11) is 1.90. The molecular formula is C30H33FN4O5S. The molecule has 0 unspecified atom stereocenters. The number of pyridine rings is 2. The fourth-order valence-corrected chi connectivity index (χ4v) is 7.29. The van der Waals surface area contributed by atoms with Crippen molar-refractivity contribution >= 4 is 34.5 Å². The Morgan fingerprint density at radius 2 is 2.07 bits per heavy atom. The number of aryl methyl sites for hydroxylation is 1. The Morgan fingerprint density at radius 1 is 1.27 bits per heavy atom. The Morgan fingerprint density at radius 3 is 2.83 bits per heavy atom. The van der Waals surface area contributed by atoms with Gasteiger partial charge in [0.15, 0.2) is 5.60 Å². The van der Waals surface area contributed by atoms with Crippen LogP contribution in [0, 0.1) is 12.7 Å². The molecule has 1 amide bonds. The van der Waals surface area contributed by atoms with Crippen molar-refractivity contribution < 1.29 is 23.8 Å². The molecule has 0 bridgehead atoms. The molecule has 0 radical (unpaired) electrons. The molecule has 216 valence electrons. The summed E-state index contributed by atoms with van der Waals surface area (Å²) in [5.41, 5.74) is 2.71. The zero-order valence-electron chi connectivity index (χ0n) is 23.4. The third kappa shape index (κ3) is 4.36. The highest BCUT2D eigenvalue weighted by Crippen LogP contribution is 2.45. The van der Waals surface area contributed by atoms with E-state index in [9.17, 15) is 19.5 Å². The fraction of sp³-hybridized carbons (Fsp3) is 0.467. The second-order valence-electron chi connectivity index (χ2n) is 10.9. The second kappa shape index (κ2) is 10.5. The fourth-order valence-electron chi connectivity index (χ4n) is 6.41. The topological polar surface area (TPSA) is 123 Å². The van der Waals surface area contributed by atoms with Crippen molar-refractivity contribution in [3.05, 3.63) is 61.7 Å². The smallest absolute Gasteiger partial charge is 0.343 e. The van der Waals surface area contributed by atoms with Gasteiger partial charge >= 0.3 is 5.97 Å². The summed E-state index contributed by atoms with van der Waals surface area (Å²) in [6.07, 6.45) is 1.62. The lowest BCUT2D eigenvalue weighted by molar-refractivity contribution is -0.172. The number of nitrogens with one attached hydrogen (secondary N) is 2. The van der Waals surface area contributed by atoms with Crippen LogP contribution in [0.2, 0.25) is 0 Å². The largest absolute Gasteiger partial charge is 0.458 e. The number of hydrogen-bond acceptors (Lipinski definition) is 8. The van der Waals surface area contributed by atoms with Gasteiger partial charge in [0.25, 0.3) is 5.56 Å². The Bertz CT molecular complexity index is 1670. The van der Waals surface area contributed by atoms with Gasteiger partial charge in [-0.3, -0.25) is 9.59 Å². The second-order valence-corrected chi connectivity index (χ2v) is 12.2. The van der Waals surface area contributed by atoms with E-state index in [1.54, 1.807) is 36.2 Å². The number of aromatic nitrogens is 2. The monoisotopic (exact) mass is 580 g/mol. The number of benzene rings is 1. The molecule has 3 aliphatic rings. The normalized spacial score (nSPS) is 20.4. The van der Waals surface area contributed by atoms with Crippen molar-refractivity contribution in [2.45, 2.75) is 64.3 Å². The first-order valence-electron chi connectivity index (χ1n) is 14.0. The molecule has 2 atom stereocenters. The number of halogens is 1. The van der Waals surface area contributed by atoms with Crippen LogP contribution in [0.3, 0.4) is 0 Å². The van der Waals surface area contributed by atoms with Crippen LogP contribution in [0.15, 0.2) is 16.9 Å². The lowest BCUT2D eigenvalue weighted by Crippen LogP contribution is -2.44. The Labute approximate surface area is 240 Å². The van der Waals surface area contributed by atoms with Gasteiger partial charge in [0, 0.05) is 47.1 Å². The van der Waals surface area contributed by atoms with E-state index >= 15 is 4.39 Å². The highest BCUT2D eigenvalue weighted by Gasteiger charge is 2.46. The van der Waals surface area contributed by atoms with Crippen molar-refractivity contribution in [1.29, 1.82) is 0 Å². The minimum absolute atomic E-state index is 0.0418. The molecule has 41 heavy (non-hydrogen) atoms. The van der Waals surface area contributed by atoms with E-state index in [4.69, 9.17) is 9.72 Å². The number of esters is 1. The van der Waals surface area contributed by atoms with Gasteiger partial charge in [0.1, 0.15) is 12.4 Å². The van der Waals surface area contributed by atoms with Gasteiger partial charge in [-0.2, -0.15) is 11.8 Å². The molecule has 6 rings (SSSR count). The lowest BCUT2D eigenvalue weighted by atomic mass is 9.81. The third-order valence-electron chi connectivity index (χ3n) is 8.68. The Balaban J connectivity index is 1.48. The number of carbonyl (C=O) groups excluding carboxylic acids is 2. The summed E-state index contributed by atoms with van der Waals surface area (Å²) in [6.45, 7) is 4.30. The maximum atomic E-state index is 15.1. The summed E-state index contributed by atoms with van der Waals surface area (Å²) in [5.74, 6) is 0.435. The zero-order valence-corrected chi connectivity index (χ0v) is 24.2. The molecule has 3 N–H and O–H groups in total. The van der Waals surface area contributed by atoms with E-state index < -0.39 is 11.6 Å². The van der Waals surface area contributed by atoms with Crippen LogP contribution in [0.25, 0.3) is 22.3 Å². The molecule has 0 fully saturated rings. The number of ether oxygens (including phenoxy) is 1. The molecular weight excluding hydrogens is 547 g/mol. The molecule has 0 saturated carbocycles. The summed E-state index contributed by atoms with van der Waals surface area (Å²) in [4.78, 5) is 44.2. The number of cyclic esters (lactones) is 1. The number of carbonyl (C=O) groups is 2. The molecule has 1 aromatic carbocycles. The first-order valence-corrected chi connectivity index (χ1v) is 15.2. The van der Waals surface area contributed by atoms with Crippen molar-refractivity contribution in [3.63, 3.8) is 0 Å². The molecule has 9 nitrogen and oxygen atoms in total. The van der Waals surface area contributed by atoms with E-state index in [1.807, 2.05) is 7.05 Å². The molecule has 4 heterocycles. The van der Waals surface area contributed by atoms with Crippen LogP contribution in [0.5, 0.6) is 0 Å². The molecule has 1 aliphatic carbocycles. The van der Waals surface area contributed by atoms with Crippen molar-refractivity contribution in [3.8, 4) is 11.4 Å². The minimum atomic E-state index is -1.94. The van der Waals surface area contributed by atoms with E-state index in [0.29, 0.717) is 47.5 Å². The van der Waals surface area contributed by atoms with Gasteiger partial charge in [-0.1, -0.05) is 6.92 Å². The average Bonchev–Trinajstić information content (AvgIpc) is 3.33. The lowest BCUT2D eigenvalue weighted by Gasteiger charge is -2.31. The van der Waals surface area contributed by atoms with Crippen LogP contribution < -0.4 is 16.2 Å². The van der Waals surface area contributed by atoms with Crippen LogP contribution in [-0.2, 0) is 39.5 Å². The van der Waals surface area contributed by atoms with Gasteiger partial charge in [-0.05, 0) is 56.0 Å². The molecule has 0 saturated heterocycles. The summed E-state index contributed by atoms with van der Waals surface area (Å²) in [6, 6.07) is 2.75. The number of fused-ring (bicyclic) bond motifs is 5. The van der Waals surface area contributed by atoms with Crippen molar-refractivity contribution in [2.75, 3.05) is 25.1 Å². The van der Waals surface area contributed by atoms with Gasteiger partial charge in [-0.25, -0.2) is 14.2 Å². The number of rotatable bonds is 8. The number of thioether (sulfide) groups is 1. The standard InChI is InChI=1S/C30H33FN4O5S/c1-4-30(39)19-11-23-27-17(13-35(23)28(37)18(19)14-40-29(30)38)26-21(33-24(36)7-9-41-10-8-32-3)6-5-16-15(2)20(31)12-22(34-27)25(16)26/h11-12,21,32,39H,4-10,13-14H2,1-3H3,(H,33,36)/t21-,30-/m0/s1. The van der Waals surface area contributed by atoms with Gasteiger partial charge in [0.2, 0.25) is 5.91 Å². The number of aliphatic hydroxyl groups is 1. The van der Waals surface area contributed by atoms with E-state index in [-0.39, 0.29) is 54.0 Å². The van der Waals surface area contributed by atoms with Gasteiger partial charge in [-0.15, -0.1) is 0 Å². The summed E-state index contributed by atoms with van der Waals surface area (Å²) < 4.78 is 21.8. The Hall–Kier alpha value is -3.28. The Kier molecular flexibility index (Phi) is 7.15. The molecule has 11 heteroatoms. The average molecular weight is 581 g/mol. The van der Waals surface area contributed by atoms with Gasteiger partial charge < -0.3 is 25.0 Å². The maximum Gasteiger partial charge on any atom is 0.343 e. The predicted octanol–water partition coefficient (Wildman–Crippen LogP) is 2.97. The van der Waals surface area contributed by atoms with E-state index in [0.717, 1.165) is 34.4 Å². The van der Waals surface area contributed by atoms with Crippen molar-refractivity contribution in [1.82, 2.24) is 20.2 Å². The van der Waals surface area contributed by atoms with Crippen LogP contribution >= 0.6 is 11.8 Å². The van der Waals surface area contributed by atoms with Crippen LogP contribution in [0.4, 0.5) is 4.39 Å². The van der Waals surface area contributed by atoms with Crippen molar-refractivity contribution in [2.24, 2.45) is 0 Å². The first-order chi connectivity index (χ1) is 19.7. The zero-order chi connectivity index (χ0) is 29.1. The molecule has 2 aromatic heterocycles.